The fraction of sp³-hybridized carbons (Fsp3) is 0.174. The quantitative estimate of drug-likeness (QED) is 0.484. The molecule has 0 saturated heterocycles. The number of aryl methyl sites for hydroxylation is 1. The van der Waals surface area contributed by atoms with E-state index in [4.69, 9.17) is 19.6 Å². The summed E-state index contributed by atoms with van der Waals surface area (Å²) >= 11 is 0. The molecule has 0 fully saturated rings. The van der Waals surface area contributed by atoms with Crippen LogP contribution in [0.25, 0.3) is 11.0 Å². The Morgan fingerprint density at radius 1 is 1.19 bits per heavy atom. The van der Waals surface area contributed by atoms with E-state index in [1.807, 2.05) is 13.0 Å². The molecule has 0 bridgehead atoms. The fourth-order valence-electron chi connectivity index (χ4n) is 4.39. The van der Waals surface area contributed by atoms with Crippen LogP contribution in [0, 0.1) is 6.92 Å². The van der Waals surface area contributed by atoms with E-state index in [0.717, 1.165) is 5.56 Å². The van der Waals surface area contributed by atoms with Crippen LogP contribution in [0.15, 0.2) is 63.1 Å². The van der Waals surface area contributed by atoms with Crippen LogP contribution < -0.4 is 21.4 Å². The summed E-state index contributed by atoms with van der Waals surface area (Å²) in [4.78, 5) is 39.9. The normalized spacial score (nSPS) is 19.1. The van der Waals surface area contributed by atoms with E-state index in [-0.39, 0.29) is 35.0 Å². The van der Waals surface area contributed by atoms with Crippen LogP contribution in [0.3, 0.4) is 0 Å². The van der Waals surface area contributed by atoms with Crippen LogP contribution in [-0.4, -0.2) is 18.5 Å². The molecule has 3 aromatic rings. The van der Waals surface area contributed by atoms with Gasteiger partial charge in [0.15, 0.2) is 5.75 Å². The number of para-hydroxylation sites is 1. The lowest BCUT2D eigenvalue weighted by Gasteiger charge is -2.34. The monoisotopic (exact) mass is 418 g/mol. The van der Waals surface area contributed by atoms with E-state index < -0.39 is 22.9 Å². The number of rotatable bonds is 2. The second-order valence-corrected chi connectivity index (χ2v) is 7.40. The van der Waals surface area contributed by atoms with Gasteiger partial charge < -0.3 is 24.9 Å². The van der Waals surface area contributed by atoms with Gasteiger partial charge in [-0.05, 0) is 32.0 Å². The van der Waals surface area contributed by atoms with Crippen molar-refractivity contribution in [1.29, 1.82) is 0 Å². The van der Waals surface area contributed by atoms with Crippen molar-refractivity contribution in [3.05, 3.63) is 81.0 Å². The third-order valence-corrected chi connectivity index (χ3v) is 5.62. The predicted octanol–water partition coefficient (Wildman–Crippen LogP) is 2.47. The number of ether oxygens (including phenoxy) is 2. The van der Waals surface area contributed by atoms with Crippen LogP contribution in [0.5, 0.6) is 5.75 Å². The second kappa shape index (κ2) is 6.46. The van der Waals surface area contributed by atoms with E-state index in [0.29, 0.717) is 16.6 Å². The lowest BCUT2D eigenvalue weighted by Crippen LogP contribution is -2.48. The van der Waals surface area contributed by atoms with Gasteiger partial charge in [-0.2, -0.15) is 0 Å². The number of nitrogens with one attached hydrogen (secondary N) is 1. The van der Waals surface area contributed by atoms with Crippen LogP contribution in [0.2, 0.25) is 0 Å². The highest BCUT2D eigenvalue weighted by Crippen LogP contribution is 2.53. The number of anilines is 1. The van der Waals surface area contributed by atoms with Crippen molar-refractivity contribution in [2.75, 3.05) is 11.9 Å². The van der Waals surface area contributed by atoms with Gasteiger partial charge in [-0.15, -0.1) is 0 Å². The van der Waals surface area contributed by atoms with E-state index in [1.165, 1.54) is 0 Å². The first-order chi connectivity index (χ1) is 14.9. The van der Waals surface area contributed by atoms with Gasteiger partial charge >= 0.3 is 11.6 Å². The molecule has 2 aliphatic heterocycles. The molecule has 1 unspecified atom stereocenters. The average molecular weight is 418 g/mol. The highest BCUT2D eigenvalue weighted by atomic mass is 16.5. The van der Waals surface area contributed by atoms with Gasteiger partial charge in [0.2, 0.25) is 11.8 Å². The molecule has 2 aliphatic rings. The molecular formula is C23H18N2O6. The highest BCUT2D eigenvalue weighted by Gasteiger charge is 2.61. The van der Waals surface area contributed by atoms with Crippen molar-refractivity contribution in [3.63, 3.8) is 0 Å². The maximum atomic E-state index is 13.6. The molecule has 1 amide bonds. The van der Waals surface area contributed by atoms with E-state index in [1.54, 1.807) is 43.3 Å². The first-order valence-corrected chi connectivity index (χ1v) is 9.73. The number of esters is 1. The number of hydrogen-bond donors (Lipinski definition) is 2. The summed E-state index contributed by atoms with van der Waals surface area (Å²) in [6.07, 6.45) is 0. The number of benzene rings is 2. The Hall–Kier alpha value is -4.07. The summed E-state index contributed by atoms with van der Waals surface area (Å²) in [7, 11) is 0. The molecule has 1 atom stereocenters. The van der Waals surface area contributed by atoms with Gasteiger partial charge in [0.25, 0.3) is 0 Å². The Bertz CT molecular complexity index is 1390. The summed E-state index contributed by atoms with van der Waals surface area (Å²) in [5, 5.41) is 3.23. The maximum absolute atomic E-state index is 13.6. The van der Waals surface area contributed by atoms with E-state index in [2.05, 4.69) is 5.32 Å². The van der Waals surface area contributed by atoms with Crippen molar-refractivity contribution in [1.82, 2.24) is 0 Å². The van der Waals surface area contributed by atoms with Gasteiger partial charge in [-0.25, -0.2) is 9.59 Å². The summed E-state index contributed by atoms with van der Waals surface area (Å²) in [5.74, 6) is -1.66. The Morgan fingerprint density at radius 2 is 1.97 bits per heavy atom. The van der Waals surface area contributed by atoms with Crippen molar-refractivity contribution >= 4 is 28.5 Å². The summed E-state index contributed by atoms with van der Waals surface area (Å²) in [5.41, 5.74) is 5.19. The molecule has 0 saturated carbocycles. The molecular weight excluding hydrogens is 400 g/mol. The molecule has 3 heterocycles. The molecule has 0 aliphatic carbocycles. The first-order valence-electron chi connectivity index (χ1n) is 9.73. The van der Waals surface area contributed by atoms with E-state index in [9.17, 15) is 14.4 Å². The number of amides is 1. The zero-order valence-corrected chi connectivity index (χ0v) is 16.8. The van der Waals surface area contributed by atoms with Crippen molar-refractivity contribution in [2.24, 2.45) is 5.73 Å². The van der Waals surface area contributed by atoms with Gasteiger partial charge in [-0.1, -0.05) is 29.8 Å². The highest BCUT2D eigenvalue weighted by molar-refractivity contribution is 6.18. The number of nitrogens with two attached hydrogens (primary N) is 1. The topological polar surface area (TPSA) is 121 Å². The minimum absolute atomic E-state index is 0.0488. The Kier molecular flexibility index (Phi) is 3.95. The summed E-state index contributed by atoms with van der Waals surface area (Å²) in [6, 6.07) is 12.0. The molecule has 3 N–H and O–H groups in total. The number of fused-ring (bicyclic) bond motifs is 6. The Labute approximate surface area is 176 Å². The van der Waals surface area contributed by atoms with Gasteiger partial charge in [0.05, 0.1) is 12.0 Å². The van der Waals surface area contributed by atoms with Gasteiger partial charge in [-0.3, -0.25) is 4.79 Å². The predicted molar refractivity (Wildman–Crippen MR) is 112 cm³/mol. The summed E-state index contributed by atoms with van der Waals surface area (Å²) in [6.45, 7) is 3.53. The SMILES string of the molecule is CCOC(=O)C1=C(N)Oc2c(c(=O)oc3ccccc23)C12C(=O)Nc1ccc(C)cc12. The minimum atomic E-state index is -1.87. The molecule has 1 aromatic heterocycles. The first kappa shape index (κ1) is 18.9. The molecule has 8 heteroatoms. The molecule has 8 nitrogen and oxygen atoms in total. The van der Waals surface area contributed by atoms with Crippen LogP contribution in [0.1, 0.15) is 23.6 Å². The second-order valence-electron chi connectivity index (χ2n) is 7.40. The van der Waals surface area contributed by atoms with Crippen LogP contribution >= 0.6 is 0 Å². The lowest BCUT2D eigenvalue weighted by molar-refractivity contribution is -0.140. The number of carbonyl (C=O) groups excluding carboxylic acids is 2. The smallest absolute Gasteiger partial charge is 0.345 e. The molecule has 31 heavy (non-hydrogen) atoms. The Morgan fingerprint density at radius 3 is 2.74 bits per heavy atom. The third-order valence-electron chi connectivity index (χ3n) is 5.62. The van der Waals surface area contributed by atoms with Gasteiger partial charge in [0, 0.05) is 11.3 Å². The fourth-order valence-corrected chi connectivity index (χ4v) is 4.39. The molecule has 0 radical (unpaired) electrons. The molecule has 2 aromatic carbocycles. The molecule has 5 rings (SSSR count). The zero-order chi connectivity index (χ0) is 21.9. The van der Waals surface area contributed by atoms with Crippen molar-refractivity contribution in [2.45, 2.75) is 19.3 Å². The molecule has 1 spiro atoms. The summed E-state index contributed by atoms with van der Waals surface area (Å²) < 4.78 is 16.5. The lowest BCUT2D eigenvalue weighted by atomic mass is 9.68. The maximum Gasteiger partial charge on any atom is 0.345 e. The molecule has 156 valence electrons. The van der Waals surface area contributed by atoms with E-state index >= 15 is 0 Å². The van der Waals surface area contributed by atoms with Crippen molar-refractivity contribution < 1.29 is 23.5 Å². The minimum Gasteiger partial charge on any atom is -0.462 e. The largest absolute Gasteiger partial charge is 0.462 e. The zero-order valence-electron chi connectivity index (χ0n) is 16.8. The third kappa shape index (κ3) is 2.38. The van der Waals surface area contributed by atoms with Crippen molar-refractivity contribution in [3.8, 4) is 5.75 Å². The van der Waals surface area contributed by atoms with Crippen LogP contribution in [-0.2, 0) is 19.7 Å². The number of carbonyl (C=O) groups is 2. The van der Waals surface area contributed by atoms with Gasteiger partial charge in [0.1, 0.15) is 22.1 Å². The number of hydrogen-bond acceptors (Lipinski definition) is 7. The Balaban J connectivity index is 1.98. The standard InChI is InChI=1S/C23H18N2O6/c1-3-29-20(26)17-19(24)31-18-12-6-4-5-7-15(12)30-21(27)16(18)23(17)13-10-11(2)8-9-14(13)25-22(23)28/h4-10H,3,24H2,1-2H3,(H,25,28). The average Bonchev–Trinajstić information content (AvgIpc) is 3.00. The van der Waals surface area contributed by atoms with Crippen LogP contribution in [0.4, 0.5) is 5.69 Å².